The lowest BCUT2D eigenvalue weighted by Crippen LogP contribution is -3.14. The third kappa shape index (κ3) is 5.87. The van der Waals surface area contributed by atoms with Crippen LogP contribution in [0.25, 0.3) is 0 Å². The molecule has 2 atom stereocenters. The van der Waals surface area contributed by atoms with Crippen LogP contribution >= 0.6 is 11.6 Å². The molecule has 0 aromatic heterocycles. The van der Waals surface area contributed by atoms with Crippen LogP contribution in [0.3, 0.4) is 0 Å². The van der Waals surface area contributed by atoms with E-state index in [0.29, 0.717) is 27.9 Å². The highest BCUT2D eigenvalue weighted by molar-refractivity contribution is 6.31. The Morgan fingerprint density at radius 3 is 2.54 bits per heavy atom. The molecule has 0 aliphatic carbocycles. The molecule has 2 aromatic carbocycles. The Hall–Kier alpha value is -2.77. The molecule has 3 N–H and O–H groups in total. The Morgan fingerprint density at radius 1 is 1.11 bits per heavy atom. The van der Waals surface area contributed by atoms with Gasteiger partial charge in [0.2, 0.25) is 0 Å². The van der Waals surface area contributed by atoms with Crippen LogP contribution in [-0.2, 0) is 9.59 Å². The van der Waals surface area contributed by atoms with E-state index in [-0.39, 0.29) is 18.4 Å². The number of carbonyl (C=O) groups excluding carboxylic acids is 2. The number of hydrogen-bond acceptors (Lipinski definition) is 4. The summed E-state index contributed by atoms with van der Waals surface area (Å²) in [6, 6.07) is 11.6. The molecule has 28 heavy (non-hydrogen) atoms. The Kier molecular flexibility index (Phi) is 7.66. The molecule has 2 amide bonds. The Balaban J connectivity index is 1.95. The van der Waals surface area contributed by atoms with Crippen molar-refractivity contribution < 1.29 is 24.0 Å². The van der Waals surface area contributed by atoms with Gasteiger partial charge in [0.15, 0.2) is 12.6 Å². The first-order valence-corrected chi connectivity index (χ1v) is 9.12. The van der Waals surface area contributed by atoms with Gasteiger partial charge in [-0.3, -0.25) is 9.59 Å². The highest BCUT2D eigenvalue weighted by atomic mass is 35.5. The summed E-state index contributed by atoms with van der Waals surface area (Å²) in [7, 11) is 4.86. The Morgan fingerprint density at radius 2 is 1.86 bits per heavy atom. The van der Waals surface area contributed by atoms with Gasteiger partial charge in [0.1, 0.15) is 11.5 Å². The van der Waals surface area contributed by atoms with E-state index in [9.17, 15) is 9.59 Å². The maximum Gasteiger partial charge on any atom is 0.282 e. The summed E-state index contributed by atoms with van der Waals surface area (Å²) in [6.45, 7) is 1.87. The summed E-state index contributed by atoms with van der Waals surface area (Å²) in [4.78, 5) is 25.6. The van der Waals surface area contributed by atoms with Crippen LogP contribution in [0, 0.1) is 0 Å². The molecule has 0 aliphatic rings. The second-order valence-corrected chi connectivity index (χ2v) is 6.80. The predicted molar refractivity (Wildman–Crippen MR) is 109 cm³/mol. The van der Waals surface area contributed by atoms with Crippen LogP contribution in [0.4, 0.5) is 11.4 Å². The minimum atomic E-state index is -0.472. The Bertz CT molecular complexity index is 844. The molecule has 0 saturated heterocycles. The molecular weight excluding hydrogens is 382 g/mol. The number of hydrogen-bond donors (Lipinski definition) is 3. The number of methoxy groups -OCH3 is 2. The number of rotatable bonds is 8. The maximum absolute atomic E-state index is 12.6. The summed E-state index contributed by atoms with van der Waals surface area (Å²) >= 11 is 5.99. The topological polar surface area (TPSA) is 81.1 Å². The molecule has 0 radical (unpaired) electrons. The molecule has 0 fully saturated rings. The van der Waals surface area contributed by atoms with Crippen LogP contribution in [0.15, 0.2) is 42.5 Å². The van der Waals surface area contributed by atoms with Crippen molar-refractivity contribution in [2.75, 3.05) is 38.4 Å². The lowest BCUT2D eigenvalue weighted by atomic mass is 10.2. The van der Waals surface area contributed by atoms with Crippen molar-refractivity contribution in [2.45, 2.75) is 13.0 Å². The van der Waals surface area contributed by atoms with Crippen LogP contribution in [0.1, 0.15) is 6.92 Å². The van der Waals surface area contributed by atoms with Crippen molar-refractivity contribution in [1.82, 2.24) is 0 Å². The van der Waals surface area contributed by atoms with Gasteiger partial charge in [-0.2, -0.15) is 0 Å². The first-order chi connectivity index (χ1) is 13.3. The van der Waals surface area contributed by atoms with E-state index in [1.165, 1.54) is 7.11 Å². The third-order valence-corrected chi connectivity index (χ3v) is 4.58. The lowest BCUT2D eigenvalue weighted by Gasteiger charge is -2.21. The van der Waals surface area contributed by atoms with Crippen LogP contribution in [-0.4, -0.2) is 45.7 Å². The smallest absolute Gasteiger partial charge is 0.282 e. The first-order valence-electron chi connectivity index (χ1n) is 8.74. The molecule has 0 spiro atoms. The van der Waals surface area contributed by atoms with Gasteiger partial charge < -0.3 is 25.0 Å². The second kappa shape index (κ2) is 9.96. The fourth-order valence-corrected chi connectivity index (χ4v) is 2.73. The van der Waals surface area contributed by atoms with Crippen LogP contribution in [0.5, 0.6) is 11.5 Å². The van der Waals surface area contributed by atoms with Gasteiger partial charge in [0.25, 0.3) is 11.8 Å². The molecule has 2 rings (SSSR count). The number of nitrogens with one attached hydrogen (secondary N) is 3. The summed E-state index contributed by atoms with van der Waals surface area (Å²) in [5, 5.41) is 6.10. The van der Waals surface area contributed by atoms with Gasteiger partial charge in [-0.15, -0.1) is 0 Å². The lowest BCUT2D eigenvalue weighted by molar-refractivity contribution is -0.885. The van der Waals surface area contributed by atoms with Gasteiger partial charge in [-0.1, -0.05) is 17.7 Å². The second-order valence-electron chi connectivity index (χ2n) is 6.36. The SMILES string of the molecule is COc1cccc(NC(=O)C[NH+](C)[C@@H](C)C(=O)Nc2cc(Cl)ccc2OC)c1. The van der Waals surface area contributed by atoms with Crippen molar-refractivity contribution >= 4 is 34.8 Å². The number of carbonyl (C=O) groups is 2. The molecule has 2 aromatic rings. The Labute approximate surface area is 169 Å². The zero-order valence-corrected chi connectivity index (χ0v) is 17.1. The summed E-state index contributed by atoms with van der Waals surface area (Å²) in [5.74, 6) is 0.720. The minimum Gasteiger partial charge on any atom is -0.497 e. The molecule has 7 nitrogen and oxygen atoms in total. The quantitative estimate of drug-likeness (QED) is 0.625. The van der Waals surface area contributed by atoms with Gasteiger partial charge in [-0.05, 0) is 37.3 Å². The summed E-state index contributed by atoms with van der Waals surface area (Å²) < 4.78 is 10.4. The van der Waals surface area contributed by atoms with Gasteiger partial charge in [-0.25, -0.2) is 0 Å². The van der Waals surface area contributed by atoms with Crippen molar-refractivity contribution in [3.05, 3.63) is 47.5 Å². The van der Waals surface area contributed by atoms with Crippen molar-refractivity contribution in [3.8, 4) is 11.5 Å². The highest BCUT2D eigenvalue weighted by Crippen LogP contribution is 2.27. The van der Waals surface area contributed by atoms with Gasteiger partial charge in [0.05, 0.1) is 27.0 Å². The van der Waals surface area contributed by atoms with E-state index in [0.717, 1.165) is 4.90 Å². The zero-order chi connectivity index (χ0) is 20.7. The molecule has 8 heteroatoms. The molecule has 0 bridgehead atoms. The fraction of sp³-hybridized carbons (Fsp3) is 0.300. The monoisotopic (exact) mass is 406 g/mol. The number of halogens is 1. The van der Waals surface area contributed by atoms with E-state index in [1.54, 1.807) is 63.5 Å². The average molecular weight is 407 g/mol. The van der Waals surface area contributed by atoms with E-state index >= 15 is 0 Å². The van der Waals surface area contributed by atoms with Crippen molar-refractivity contribution in [3.63, 3.8) is 0 Å². The third-order valence-electron chi connectivity index (χ3n) is 4.34. The van der Waals surface area contributed by atoms with E-state index in [2.05, 4.69) is 10.6 Å². The number of benzene rings is 2. The molecule has 1 unspecified atom stereocenters. The number of ether oxygens (including phenoxy) is 2. The highest BCUT2D eigenvalue weighted by Gasteiger charge is 2.25. The number of amides is 2. The summed E-state index contributed by atoms with van der Waals surface area (Å²) in [5.41, 5.74) is 1.12. The zero-order valence-electron chi connectivity index (χ0n) is 16.3. The van der Waals surface area contributed by atoms with Crippen LogP contribution in [0.2, 0.25) is 5.02 Å². The molecule has 0 aliphatic heterocycles. The molecule has 0 saturated carbocycles. The average Bonchev–Trinajstić information content (AvgIpc) is 2.67. The fourth-order valence-electron chi connectivity index (χ4n) is 2.56. The molecule has 0 heterocycles. The normalized spacial score (nSPS) is 12.6. The van der Waals surface area contributed by atoms with E-state index in [1.807, 2.05) is 0 Å². The van der Waals surface area contributed by atoms with Gasteiger partial charge >= 0.3 is 0 Å². The largest absolute Gasteiger partial charge is 0.497 e. The summed E-state index contributed by atoms with van der Waals surface area (Å²) in [6.07, 6.45) is 0. The van der Waals surface area contributed by atoms with Gasteiger partial charge in [0, 0.05) is 16.8 Å². The van der Waals surface area contributed by atoms with Crippen molar-refractivity contribution in [1.29, 1.82) is 0 Å². The standard InChI is InChI=1S/C20H24ClN3O4/c1-13(20(26)23-17-10-14(21)8-9-18(17)28-4)24(2)12-19(25)22-15-6-5-7-16(11-15)27-3/h5-11,13H,12H2,1-4H3,(H,22,25)(H,23,26)/p+1/t13-/m0/s1. The predicted octanol–water partition coefficient (Wildman–Crippen LogP) is 1.84. The van der Waals surface area contributed by atoms with Crippen molar-refractivity contribution in [2.24, 2.45) is 0 Å². The maximum atomic E-state index is 12.6. The minimum absolute atomic E-state index is 0.123. The molecule has 150 valence electrons. The number of likely N-dealkylation sites (N-methyl/N-ethyl adjacent to an activating group) is 1. The first kappa shape index (κ1) is 21.5. The number of quaternary nitrogens is 1. The van der Waals surface area contributed by atoms with Crippen LogP contribution < -0.4 is 25.0 Å². The molecular formula is C20H25ClN3O4+. The van der Waals surface area contributed by atoms with E-state index in [4.69, 9.17) is 21.1 Å². The number of anilines is 2. The van der Waals surface area contributed by atoms with E-state index < -0.39 is 6.04 Å².